The molecule has 0 radical (unpaired) electrons. The quantitative estimate of drug-likeness (QED) is 0.373. The van der Waals surface area contributed by atoms with Gasteiger partial charge in [0.25, 0.3) is 5.91 Å². The van der Waals surface area contributed by atoms with Crippen LogP contribution in [0.1, 0.15) is 17.5 Å². The molecule has 0 saturated heterocycles. The normalized spacial score (nSPS) is 10.8. The number of halogens is 3. The predicted octanol–water partition coefficient (Wildman–Crippen LogP) is 6.03. The number of benzene rings is 3. The van der Waals surface area contributed by atoms with Gasteiger partial charge in [0.2, 0.25) is 5.82 Å². The molecule has 0 unspecified atom stereocenters. The molecule has 9 heteroatoms. The minimum atomic E-state index is -0.553. The van der Waals surface area contributed by atoms with E-state index in [0.717, 1.165) is 0 Å². The van der Waals surface area contributed by atoms with Crippen molar-refractivity contribution in [1.82, 2.24) is 14.8 Å². The van der Waals surface area contributed by atoms with E-state index < -0.39 is 5.91 Å². The van der Waals surface area contributed by atoms with E-state index in [1.165, 1.54) is 22.9 Å². The highest BCUT2D eigenvalue weighted by atomic mass is 35.5. The Hall–Kier alpha value is -3.42. The fourth-order valence-corrected chi connectivity index (χ4v) is 3.45. The Labute approximate surface area is 193 Å². The molecule has 6 nitrogen and oxygen atoms in total. The number of amides is 1. The third-order valence-electron chi connectivity index (χ3n) is 4.48. The van der Waals surface area contributed by atoms with Crippen LogP contribution >= 0.6 is 23.2 Å². The van der Waals surface area contributed by atoms with Crippen LogP contribution in [0, 0.1) is 5.82 Å². The number of carbonyl (C=O) groups is 1. The predicted molar refractivity (Wildman–Crippen MR) is 122 cm³/mol. The van der Waals surface area contributed by atoms with Gasteiger partial charge in [-0.3, -0.25) is 4.79 Å². The van der Waals surface area contributed by atoms with E-state index in [4.69, 9.17) is 27.9 Å². The van der Waals surface area contributed by atoms with E-state index in [1.807, 2.05) is 6.92 Å². The molecule has 0 aliphatic carbocycles. The summed E-state index contributed by atoms with van der Waals surface area (Å²) in [7, 11) is 0. The highest BCUT2D eigenvalue weighted by Crippen LogP contribution is 2.27. The van der Waals surface area contributed by atoms with Gasteiger partial charge in [-0.2, -0.15) is 0 Å². The van der Waals surface area contributed by atoms with Crippen LogP contribution < -0.4 is 10.1 Å². The molecule has 1 amide bonds. The summed E-state index contributed by atoms with van der Waals surface area (Å²) < 4.78 is 20.4. The Bertz CT molecular complexity index is 1260. The molecule has 0 spiro atoms. The van der Waals surface area contributed by atoms with Crippen molar-refractivity contribution in [1.29, 1.82) is 0 Å². The van der Waals surface area contributed by atoms with Crippen LogP contribution in [0.4, 0.5) is 10.1 Å². The van der Waals surface area contributed by atoms with Crippen molar-refractivity contribution in [3.8, 4) is 22.8 Å². The summed E-state index contributed by atoms with van der Waals surface area (Å²) in [6.45, 7) is 2.44. The number of hydrogen-bond donors (Lipinski definition) is 1. The van der Waals surface area contributed by atoms with Gasteiger partial charge in [-0.15, -0.1) is 5.10 Å². The molecule has 0 saturated carbocycles. The van der Waals surface area contributed by atoms with Crippen LogP contribution in [-0.2, 0) is 0 Å². The lowest BCUT2D eigenvalue weighted by atomic mass is 10.2. The number of hydrogen-bond acceptors (Lipinski definition) is 4. The summed E-state index contributed by atoms with van der Waals surface area (Å²) in [4.78, 5) is 17.3. The topological polar surface area (TPSA) is 69.0 Å². The van der Waals surface area contributed by atoms with Gasteiger partial charge >= 0.3 is 0 Å². The van der Waals surface area contributed by atoms with E-state index in [0.29, 0.717) is 40.1 Å². The SMILES string of the molecule is CCOc1ccc(-n2nc(C(=O)Nc3ccc(Cl)cc3Cl)nc2-c2ccc(F)cc2)cc1. The van der Waals surface area contributed by atoms with Crippen LogP contribution in [0.15, 0.2) is 66.7 Å². The minimum Gasteiger partial charge on any atom is -0.494 e. The van der Waals surface area contributed by atoms with E-state index in [1.54, 1.807) is 48.5 Å². The summed E-state index contributed by atoms with van der Waals surface area (Å²) in [6.07, 6.45) is 0. The van der Waals surface area contributed by atoms with Gasteiger partial charge in [0.1, 0.15) is 11.6 Å². The first-order valence-electron chi connectivity index (χ1n) is 9.67. The van der Waals surface area contributed by atoms with Gasteiger partial charge in [0.05, 0.1) is 23.0 Å². The van der Waals surface area contributed by atoms with Crippen LogP contribution in [-0.4, -0.2) is 27.3 Å². The smallest absolute Gasteiger partial charge is 0.295 e. The van der Waals surface area contributed by atoms with Crippen LogP contribution in [0.25, 0.3) is 17.1 Å². The zero-order valence-electron chi connectivity index (χ0n) is 16.8. The monoisotopic (exact) mass is 470 g/mol. The second-order valence-corrected chi connectivity index (χ2v) is 7.53. The van der Waals surface area contributed by atoms with E-state index >= 15 is 0 Å². The highest BCUT2D eigenvalue weighted by molar-refractivity contribution is 6.36. The van der Waals surface area contributed by atoms with Crippen molar-refractivity contribution in [2.24, 2.45) is 0 Å². The first kappa shape index (κ1) is 21.8. The lowest BCUT2D eigenvalue weighted by Crippen LogP contribution is -2.14. The number of ether oxygens (including phenoxy) is 1. The van der Waals surface area contributed by atoms with Crippen molar-refractivity contribution in [3.63, 3.8) is 0 Å². The number of carbonyl (C=O) groups excluding carboxylic acids is 1. The summed E-state index contributed by atoms with van der Waals surface area (Å²) in [5, 5.41) is 7.81. The van der Waals surface area contributed by atoms with Crippen LogP contribution in [0.2, 0.25) is 10.0 Å². The van der Waals surface area contributed by atoms with Crippen molar-refractivity contribution >= 4 is 34.8 Å². The molecule has 0 bridgehead atoms. The van der Waals surface area contributed by atoms with Crippen molar-refractivity contribution in [3.05, 3.63) is 88.4 Å². The largest absolute Gasteiger partial charge is 0.494 e. The fraction of sp³-hybridized carbons (Fsp3) is 0.0870. The second-order valence-electron chi connectivity index (χ2n) is 6.68. The molecule has 1 aromatic heterocycles. The van der Waals surface area contributed by atoms with E-state index in [9.17, 15) is 9.18 Å². The van der Waals surface area contributed by atoms with Crippen molar-refractivity contribution in [2.75, 3.05) is 11.9 Å². The van der Waals surface area contributed by atoms with Crippen molar-refractivity contribution in [2.45, 2.75) is 6.92 Å². The minimum absolute atomic E-state index is 0.0794. The Morgan fingerprint density at radius 1 is 1.06 bits per heavy atom. The fourth-order valence-electron chi connectivity index (χ4n) is 2.99. The number of nitrogens with zero attached hydrogens (tertiary/aromatic N) is 3. The maximum atomic E-state index is 13.4. The summed E-state index contributed by atoms with van der Waals surface area (Å²) in [5.74, 6) is 0.0688. The first-order chi connectivity index (χ1) is 15.4. The Morgan fingerprint density at radius 2 is 1.78 bits per heavy atom. The molecule has 0 aliphatic rings. The average Bonchev–Trinajstić information content (AvgIpc) is 3.22. The van der Waals surface area contributed by atoms with Gasteiger partial charge in [-0.05, 0) is 73.7 Å². The molecule has 32 heavy (non-hydrogen) atoms. The summed E-state index contributed by atoms with van der Waals surface area (Å²) in [5.41, 5.74) is 1.63. The van der Waals surface area contributed by atoms with Gasteiger partial charge in [0.15, 0.2) is 5.82 Å². The number of rotatable bonds is 6. The molecule has 4 aromatic rings. The van der Waals surface area contributed by atoms with E-state index in [-0.39, 0.29) is 16.7 Å². The zero-order chi connectivity index (χ0) is 22.7. The lowest BCUT2D eigenvalue weighted by Gasteiger charge is -2.08. The molecule has 1 heterocycles. The number of aromatic nitrogens is 3. The van der Waals surface area contributed by atoms with Crippen LogP contribution in [0.5, 0.6) is 5.75 Å². The molecule has 0 fully saturated rings. The second kappa shape index (κ2) is 9.38. The summed E-state index contributed by atoms with van der Waals surface area (Å²) in [6, 6.07) is 17.7. The van der Waals surface area contributed by atoms with Gasteiger partial charge in [-0.25, -0.2) is 14.1 Å². The molecule has 1 N–H and O–H groups in total. The molecule has 4 rings (SSSR count). The van der Waals surface area contributed by atoms with E-state index in [2.05, 4.69) is 15.4 Å². The standard InChI is InChI=1S/C23H17Cl2FN4O2/c1-2-32-18-10-8-17(9-11-18)30-22(14-3-6-16(26)7-4-14)28-21(29-30)23(31)27-20-12-5-15(24)13-19(20)25/h3-13H,2H2,1H3,(H,27,31). The third kappa shape index (κ3) is 4.74. The highest BCUT2D eigenvalue weighted by Gasteiger charge is 2.20. The lowest BCUT2D eigenvalue weighted by molar-refractivity contribution is 0.101. The Balaban J connectivity index is 1.73. The number of nitrogens with one attached hydrogen (secondary N) is 1. The van der Waals surface area contributed by atoms with Crippen molar-refractivity contribution < 1.29 is 13.9 Å². The summed E-state index contributed by atoms with van der Waals surface area (Å²) >= 11 is 12.1. The Morgan fingerprint density at radius 3 is 2.44 bits per heavy atom. The molecule has 162 valence electrons. The van der Waals surface area contributed by atoms with Crippen LogP contribution in [0.3, 0.4) is 0 Å². The third-order valence-corrected chi connectivity index (χ3v) is 5.03. The maximum absolute atomic E-state index is 13.4. The first-order valence-corrected chi connectivity index (χ1v) is 10.4. The maximum Gasteiger partial charge on any atom is 0.295 e. The molecular weight excluding hydrogens is 454 g/mol. The molecule has 3 aromatic carbocycles. The van der Waals surface area contributed by atoms with Gasteiger partial charge in [-0.1, -0.05) is 23.2 Å². The molecule has 0 atom stereocenters. The Kier molecular flexibility index (Phi) is 6.39. The average molecular weight is 471 g/mol. The van der Waals surface area contributed by atoms with Gasteiger partial charge in [0, 0.05) is 10.6 Å². The number of anilines is 1. The molecular formula is C23H17Cl2FN4O2. The van der Waals surface area contributed by atoms with Gasteiger partial charge < -0.3 is 10.1 Å². The zero-order valence-corrected chi connectivity index (χ0v) is 18.4. The molecule has 0 aliphatic heterocycles.